The SMILES string of the molecule is C=C/C=C1/C(=O)N(Cc2ccccc2)CC1C. The van der Waals surface area contributed by atoms with Gasteiger partial charge < -0.3 is 4.90 Å². The maximum absolute atomic E-state index is 12.1. The van der Waals surface area contributed by atoms with Crippen LogP contribution >= 0.6 is 0 Å². The molecule has 1 aliphatic heterocycles. The van der Waals surface area contributed by atoms with Crippen molar-refractivity contribution < 1.29 is 4.79 Å². The van der Waals surface area contributed by atoms with Crippen molar-refractivity contribution in [1.29, 1.82) is 0 Å². The first-order valence-corrected chi connectivity index (χ1v) is 5.88. The van der Waals surface area contributed by atoms with Crippen LogP contribution in [0.5, 0.6) is 0 Å². The van der Waals surface area contributed by atoms with E-state index in [1.54, 1.807) is 6.08 Å². The fourth-order valence-electron chi connectivity index (χ4n) is 2.21. The number of likely N-dealkylation sites (tertiary alicyclic amines) is 1. The van der Waals surface area contributed by atoms with Gasteiger partial charge in [0.2, 0.25) is 5.91 Å². The van der Waals surface area contributed by atoms with Gasteiger partial charge in [-0.15, -0.1) is 0 Å². The molecule has 0 spiro atoms. The maximum Gasteiger partial charge on any atom is 0.250 e. The summed E-state index contributed by atoms with van der Waals surface area (Å²) in [6.07, 6.45) is 3.52. The van der Waals surface area contributed by atoms with E-state index in [1.807, 2.05) is 41.3 Å². The summed E-state index contributed by atoms with van der Waals surface area (Å²) < 4.78 is 0. The fourth-order valence-corrected chi connectivity index (χ4v) is 2.21. The molecule has 1 aromatic carbocycles. The molecule has 1 saturated heterocycles. The van der Waals surface area contributed by atoms with Gasteiger partial charge in [0.1, 0.15) is 0 Å². The van der Waals surface area contributed by atoms with Crippen molar-refractivity contribution in [3.8, 4) is 0 Å². The smallest absolute Gasteiger partial charge is 0.250 e. The molecule has 1 unspecified atom stereocenters. The molecular formula is C15H17NO. The van der Waals surface area contributed by atoms with E-state index in [4.69, 9.17) is 0 Å². The highest BCUT2D eigenvalue weighted by Crippen LogP contribution is 2.25. The quantitative estimate of drug-likeness (QED) is 0.727. The van der Waals surface area contributed by atoms with Crippen LogP contribution in [0, 0.1) is 5.92 Å². The Morgan fingerprint density at radius 3 is 2.76 bits per heavy atom. The number of amides is 1. The number of hydrogen-bond acceptors (Lipinski definition) is 1. The number of allylic oxidation sites excluding steroid dienone is 2. The Hall–Kier alpha value is -1.83. The van der Waals surface area contributed by atoms with Gasteiger partial charge in [-0.25, -0.2) is 0 Å². The molecule has 0 aliphatic carbocycles. The maximum atomic E-state index is 12.1. The van der Waals surface area contributed by atoms with Crippen molar-refractivity contribution in [3.63, 3.8) is 0 Å². The van der Waals surface area contributed by atoms with Crippen molar-refractivity contribution in [2.24, 2.45) is 5.92 Å². The minimum absolute atomic E-state index is 0.140. The first-order chi connectivity index (χ1) is 8.22. The molecule has 1 heterocycles. The van der Waals surface area contributed by atoms with Gasteiger partial charge in [-0.05, 0) is 5.56 Å². The van der Waals surface area contributed by atoms with Crippen molar-refractivity contribution in [2.45, 2.75) is 13.5 Å². The minimum Gasteiger partial charge on any atom is -0.334 e. The third-order valence-corrected chi connectivity index (χ3v) is 3.07. The molecule has 17 heavy (non-hydrogen) atoms. The minimum atomic E-state index is 0.140. The van der Waals surface area contributed by atoms with Gasteiger partial charge in [0, 0.05) is 24.6 Å². The molecular weight excluding hydrogens is 210 g/mol. The fraction of sp³-hybridized carbons (Fsp3) is 0.267. The van der Waals surface area contributed by atoms with Crippen LogP contribution < -0.4 is 0 Å². The predicted molar refractivity (Wildman–Crippen MR) is 69.3 cm³/mol. The Labute approximate surface area is 102 Å². The van der Waals surface area contributed by atoms with Crippen LogP contribution in [-0.4, -0.2) is 17.4 Å². The highest BCUT2D eigenvalue weighted by Gasteiger charge is 2.31. The Kier molecular flexibility index (Phi) is 3.43. The lowest BCUT2D eigenvalue weighted by molar-refractivity contribution is -0.125. The Morgan fingerprint density at radius 2 is 2.12 bits per heavy atom. The number of rotatable bonds is 3. The number of hydrogen-bond donors (Lipinski definition) is 0. The first kappa shape index (κ1) is 11.6. The predicted octanol–water partition coefficient (Wildman–Crippen LogP) is 2.78. The van der Waals surface area contributed by atoms with Gasteiger partial charge in [-0.3, -0.25) is 4.79 Å². The zero-order chi connectivity index (χ0) is 12.3. The number of carbonyl (C=O) groups is 1. The Bertz CT molecular complexity index is 447. The normalized spacial score (nSPS) is 22.2. The van der Waals surface area contributed by atoms with E-state index in [9.17, 15) is 4.79 Å². The average Bonchev–Trinajstić information content (AvgIpc) is 2.59. The van der Waals surface area contributed by atoms with Crippen LogP contribution in [0.25, 0.3) is 0 Å². The summed E-state index contributed by atoms with van der Waals surface area (Å²) in [6, 6.07) is 10.1. The molecule has 1 amide bonds. The summed E-state index contributed by atoms with van der Waals surface area (Å²) in [5.74, 6) is 0.436. The van der Waals surface area contributed by atoms with Crippen LogP contribution in [0.1, 0.15) is 12.5 Å². The Balaban J connectivity index is 2.12. The number of benzene rings is 1. The van der Waals surface area contributed by atoms with E-state index in [1.165, 1.54) is 5.56 Å². The molecule has 0 bridgehead atoms. The molecule has 2 nitrogen and oxygen atoms in total. The summed E-state index contributed by atoms with van der Waals surface area (Å²) >= 11 is 0. The van der Waals surface area contributed by atoms with Gasteiger partial charge in [-0.2, -0.15) is 0 Å². The second-order valence-electron chi connectivity index (χ2n) is 4.43. The van der Waals surface area contributed by atoms with E-state index in [2.05, 4.69) is 13.5 Å². The molecule has 2 rings (SSSR count). The molecule has 0 N–H and O–H groups in total. The second-order valence-corrected chi connectivity index (χ2v) is 4.43. The highest BCUT2D eigenvalue weighted by atomic mass is 16.2. The zero-order valence-electron chi connectivity index (χ0n) is 10.1. The van der Waals surface area contributed by atoms with Gasteiger partial charge in [0.15, 0.2) is 0 Å². The molecule has 1 aromatic rings. The van der Waals surface area contributed by atoms with Crippen molar-refractivity contribution in [3.05, 3.63) is 60.2 Å². The molecule has 1 fully saturated rings. The van der Waals surface area contributed by atoms with E-state index >= 15 is 0 Å². The van der Waals surface area contributed by atoms with Crippen LogP contribution in [0.4, 0.5) is 0 Å². The molecule has 2 heteroatoms. The van der Waals surface area contributed by atoms with Crippen molar-refractivity contribution >= 4 is 5.91 Å². The van der Waals surface area contributed by atoms with Crippen LogP contribution in [0.2, 0.25) is 0 Å². The van der Waals surface area contributed by atoms with E-state index in [0.29, 0.717) is 12.5 Å². The van der Waals surface area contributed by atoms with E-state index in [-0.39, 0.29) is 5.91 Å². The molecule has 0 radical (unpaired) electrons. The lowest BCUT2D eigenvalue weighted by atomic mass is 10.1. The van der Waals surface area contributed by atoms with Crippen LogP contribution in [0.15, 0.2) is 54.6 Å². The molecule has 1 atom stereocenters. The molecule has 0 aromatic heterocycles. The van der Waals surface area contributed by atoms with Gasteiger partial charge in [-0.1, -0.05) is 56.0 Å². The summed E-state index contributed by atoms with van der Waals surface area (Å²) in [5, 5.41) is 0. The van der Waals surface area contributed by atoms with E-state index in [0.717, 1.165) is 12.1 Å². The van der Waals surface area contributed by atoms with Crippen LogP contribution in [-0.2, 0) is 11.3 Å². The molecule has 88 valence electrons. The van der Waals surface area contributed by atoms with Gasteiger partial charge in [0.25, 0.3) is 0 Å². The summed E-state index contributed by atoms with van der Waals surface area (Å²) in [7, 11) is 0. The second kappa shape index (κ2) is 5.00. The van der Waals surface area contributed by atoms with Gasteiger partial charge in [0.05, 0.1) is 0 Å². The lowest BCUT2D eigenvalue weighted by Gasteiger charge is -2.15. The average molecular weight is 227 g/mol. The standard InChI is InChI=1S/C15H17NO/c1-3-7-14-12(2)10-16(15(14)17)11-13-8-5-4-6-9-13/h3-9,12H,1,10-11H2,2H3/b14-7+. The van der Waals surface area contributed by atoms with Crippen molar-refractivity contribution in [1.82, 2.24) is 4.90 Å². The monoisotopic (exact) mass is 227 g/mol. The highest BCUT2D eigenvalue weighted by molar-refractivity contribution is 5.96. The Morgan fingerprint density at radius 1 is 1.41 bits per heavy atom. The largest absolute Gasteiger partial charge is 0.334 e. The van der Waals surface area contributed by atoms with E-state index < -0.39 is 0 Å². The molecule has 0 saturated carbocycles. The lowest BCUT2D eigenvalue weighted by Crippen LogP contribution is -2.24. The third-order valence-electron chi connectivity index (χ3n) is 3.07. The third kappa shape index (κ3) is 2.47. The topological polar surface area (TPSA) is 20.3 Å². The zero-order valence-corrected chi connectivity index (χ0v) is 10.1. The summed E-state index contributed by atoms with van der Waals surface area (Å²) in [6.45, 7) is 7.23. The van der Waals surface area contributed by atoms with Crippen molar-refractivity contribution in [2.75, 3.05) is 6.54 Å². The van der Waals surface area contributed by atoms with Crippen LogP contribution in [0.3, 0.4) is 0 Å². The number of carbonyl (C=O) groups excluding carboxylic acids is 1. The number of nitrogens with zero attached hydrogens (tertiary/aromatic N) is 1. The van der Waals surface area contributed by atoms with Gasteiger partial charge >= 0.3 is 0 Å². The summed E-state index contributed by atoms with van der Waals surface area (Å²) in [4.78, 5) is 14.0. The first-order valence-electron chi connectivity index (χ1n) is 5.88. The summed E-state index contributed by atoms with van der Waals surface area (Å²) in [5.41, 5.74) is 2.05. The molecule has 1 aliphatic rings.